The third-order valence-electron chi connectivity index (χ3n) is 2.19. The van der Waals surface area contributed by atoms with E-state index in [1.54, 1.807) is 6.07 Å². The summed E-state index contributed by atoms with van der Waals surface area (Å²) >= 11 is 0. The van der Waals surface area contributed by atoms with E-state index < -0.39 is 12.6 Å². The van der Waals surface area contributed by atoms with Crippen molar-refractivity contribution in [2.24, 2.45) is 0 Å². The molecule has 0 aliphatic rings. The third kappa shape index (κ3) is 2.45. The van der Waals surface area contributed by atoms with Crippen LogP contribution in [-0.4, -0.2) is 27.9 Å². The average molecular weight is 254 g/mol. The topological polar surface area (TPSA) is 75.2 Å². The maximum atomic E-state index is 12.2. The summed E-state index contributed by atoms with van der Waals surface area (Å²) < 4.78 is 28.7. The maximum Gasteiger partial charge on any atom is 0.387 e. The van der Waals surface area contributed by atoms with E-state index in [9.17, 15) is 13.6 Å². The van der Waals surface area contributed by atoms with Gasteiger partial charge >= 0.3 is 12.6 Å². The Balaban J connectivity index is 2.39. The normalized spacial score (nSPS) is 10.6. The second-order valence-corrected chi connectivity index (χ2v) is 3.35. The molecule has 1 aromatic carbocycles. The summed E-state index contributed by atoms with van der Waals surface area (Å²) in [4.78, 5) is 10.7. The van der Waals surface area contributed by atoms with Crippen molar-refractivity contribution in [1.82, 2.24) is 10.2 Å². The number of halogens is 2. The van der Waals surface area contributed by atoms with Crippen LogP contribution in [0.15, 0.2) is 30.3 Å². The number of rotatable bonds is 4. The molecule has 2 aromatic rings. The van der Waals surface area contributed by atoms with E-state index in [4.69, 9.17) is 5.11 Å². The molecular formula is C11H8F2N2O3. The number of nitrogens with zero attached hydrogens (tertiary/aromatic N) is 1. The van der Waals surface area contributed by atoms with Crippen molar-refractivity contribution in [3.05, 3.63) is 36.0 Å². The Hall–Kier alpha value is -2.44. The van der Waals surface area contributed by atoms with Crippen LogP contribution in [-0.2, 0) is 0 Å². The molecule has 0 aliphatic heterocycles. The second-order valence-electron chi connectivity index (χ2n) is 3.35. The molecule has 2 N–H and O–H groups in total. The quantitative estimate of drug-likeness (QED) is 0.878. The predicted octanol–water partition coefficient (Wildman–Crippen LogP) is 2.38. The van der Waals surface area contributed by atoms with Gasteiger partial charge in [0, 0.05) is 5.56 Å². The minimum atomic E-state index is -2.95. The standard InChI is InChI=1S/C11H8F2N2O3/c12-11(13)18-9-4-2-1-3-6(9)7-5-8(10(16)17)15-14-7/h1-5,11H,(H,14,15)(H,16,17). The molecule has 0 bridgehead atoms. The van der Waals surface area contributed by atoms with Gasteiger partial charge in [-0.15, -0.1) is 0 Å². The first kappa shape index (κ1) is 12.0. The minimum absolute atomic E-state index is 0.0593. The second kappa shape index (κ2) is 4.82. The van der Waals surface area contributed by atoms with Gasteiger partial charge in [-0.1, -0.05) is 12.1 Å². The van der Waals surface area contributed by atoms with Crippen molar-refractivity contribution in [2.75, 3.05) is 0 Å². The molecule has 0 saturated carbocycles. The molecule has 7 heteroatoms. The predicted molar refractivity (Wildman–Crippen MR) is 57.6 cm³/mol. The average Bonchev–Trinajstić information content (AvgIpc) is 2.78. The number of alkyl halides is 2. The summed E-state index contributed by atoms with van der Waals surface area (Å²) in [7, 11) is 0. The number of carbonyl (C=O) groups is 1. The van der Waals surface area contributed by atoms with Crippen LogP contribution in [0.1, 0.15) is 10.5 Å². The van der Waals surface area contributed by atoms with E-state index >= 15 is 0 Å². The summed E-state index contributed by atoms with van der Waals surface area (Å²) in [6, 6.07) is 7.26. The van der Waals surface area contributed by atoms with E-state index in [1.807, 2.05) is 0 Å². The molecule has 2 rings (SSSR count). The fourth-order valence-electron chi connectivity index (χ4n) is 1.45. The van der Waals surface area contributed by atoms with Gasteiger partial charge in [0.25, 0.3) is 0 Å². The monoisotopic (exact) mass is 254 g/mol. The van der Waals surface area contributed by atoms with Crippen molar-refractivity contribution < 1.29 is 23.4 Å². The number of hydrogen-bond acceptors (Lipinski definition) is 3. The minimum Gasteiger partial charge on any atom is -0.477 e. The molecule has 1 aromatic heterocycles. The Morgan fingerprint density at radius 1 is 1.39 bits per heavy atom. The molecule has 0 fully saturated rings. The van der Waals surface area contributed by atoms with Crippen LogP contribution in [0.4, 0.5) is 8.78 Å². The first-order chi connectivity index (χ1) is 8.58. The van der Waals surface area contributed by atoms with Gasteiger partial charge in [-0.25, -0.2) is 4.79 Å². The summed E-state index contributed by atoms with van der Waals surface area (Å²) in [5.41, 5.74) is 0.391. The van der Waals surface area contributed by atoms with Crippen LogP contribution in [0.3, 0.4) is 0 Å². The molecule has 5 nitrogen and oxygen atoms in total. The van der Waals surface area contributed by atoms with Gasteiger partial charge in [0.2, 0.25) is 0 Å². The highest BCUT2D eigenvalue weighted by Crippen LogP contribution is 2.29. The zero-order chi connectivity index (χ0) is 13.1. The van der Waals surface area contributed by atoms with E-state index in [2.05, 4.69) is 14.9 Å². The number of para-hydroxylation sites is 1. The van der Waals surface area contributed by atoms with Gasteiger partial charge in [0.15, 0.2) is 0 Å². The van der Waals surface area contributed by atoms with Crippen molar-refractivity contribution in [3.8, 4) is 17.0 Å². The number of nitrogens with one attached hydrogen (secondary N) is 1. The molecule has 0 spiro atoms. The zero-order valence-corrected chi connectivity index (χ0v) is 8.93. The first-order valence-corrected chi connectivity index (χ1v) is 4.91. The molecule has 0 saturated heterocycles. The lowest BCUT2D eigenvalue weighted by molar-refractivity contribution is -0.0494. The highest BCUT2D eigenvalue weighted by molar-refractivity contribution is 5.87. The highest BCUT2D eigenvalue weighted by atomic mass is 19.3. The first-order valence-electron chi connectivity index (χ1n) is 4.91. The zero-order valence-electron chi connectivity index (χ0n) is 8.93. The van der Waals surface area contributed by atoms with Gasteiger partial charge in [0.1, 0.15) is 11.4 Å². The van der Waals surface area contributed by atoms with Crippen molar-refractivity contribution in [1.29, 1.82) is 0 Å². The van der Waals surface area contributed by atoms with Crippen LogP contribution < -0.4 is 4.74 Å². The number of aromatic amines is 1. The fraction of sp³-hybridized carbons (Fsp3) is 0.0909. The van der Waals surface area contributed by atoms with Crippen molar-refractivity contribution in [2.45, 2.75) is 6.61 Å². The van der Waals surface area contributed by atoms with Crippen molar-refractivity contribution in [3.63, 3.8) is 0 Å². The van der Waals surface area contributed by atoms with Crippen LogP contribution in [0.25, 0.3) is 11.3 Å². The number of aromatic nitrogens is 2. The number of benzene rings is 1. The van der Waals surface area contributed by atoms with E-state index in [0.717, 1.165) is 0 Å². The lowest BCUT2D eigenvalue weighted by Gasteiger charge is -2.08. The Bertz CT molecular complexity index is 569. The largest absolute Gasteiger partial charge is 0.477 e. The Morgan fingerprint density at radius 3 is 2.72 bits per heavy atom. The molecule has 0 atom stereocenters. The number of hydrogen-bond donors (Lipinski definition) is 2. The molecule has 0 radical (unpaired) electrons. The van der Waals surface area contributed by atoms with Gasteiger partial charge < -0.3 is 9.84 Å². The van der Waals surface area contributed by atoms with Crippen LogP contribution in [0.2, 0.25) is 0 Å². The van der Waals surface area contributed by atoms with Gasteiger partial charge in [-0.2, -0.15) is 13.9 Å². The Labute approximate surface area is 100 Å². The number of carboxylic acids is 1. The third-order valence-corrected chi connectivity index (χ3v) is 2.19. The van der Waals surface area contributed by atoms with E-state index in [1.165, 1.54) is 24.3 Å². The molecule has 0 aliphatic carbocycles. The smallest absolute Gasteiger partial charge is 0.387 e. The number of carboxylic acid groups (broad SMARTS) is 1. The summed E-state index contributed by atoms with van der Waals surface area (Å²) in [5.74, 6) is -1.24. The Morgan fingerprint density at radius 2 is 2.11 bits per heavy atom. The van der Waals surface area contributed by atoms with Crippen LogP contribution in [0.5, 0.6) is 5.75 Å². The number of ether oxygens (including phenoxy) is 1. The molecule has 18 heavy (non-hydrogen) atoms. The van der Waals surface area contributed by atoms with E-state index in [-0.39, 0.29) is 17.1 Å². The molecule has 0 amide bonds. The van der Waals surface area contributed by atoms with Gasteiger partial charge in [-0.05, 0) is 18.2 Å². The summed E-state index contributed by atoms with van der Waals surface area (Å²) in [6.45, 7) is -2.95. The molecule has 94 valence electrons. The number of H-pyrrole nitrogens is 1. The van der Waals surface area contributed by atoms with Crippen LogP contribution >= 0.6 is 0 Å². The lowest BCUT2D eigenvalue weighted by Crippen LogP contribution is -2.03. The highest BCUT2D eigenvalue weighted by Gasteiger charge is 2.14. The molecule has 0 unspecified atom stereocenters. The van der Waals surface area contributed by atoms with Crippen molar-refractivity contribution >= 4 is 5.97 Å². The molecule has 1 heterocycles. The maximum absolute atomic E-state index is 12.2. The SMILES string of the molecule is O=C(O)c1cc(-c2ccccc2OC(F)F)n[nH]1. The number of aromatic carboxylic acids is 1. The summed E-state index contributed by atoms with van der Waals surface area (Å²) in [6.07, 6.45) is 0. The van der Waals surface area contributed by atoms with Gasteiger partial charge in [-0.3, -0.25) is 5.10 Å². The fourth-order valence-corrected chi connectivity index (χ4v) is 1.45. The molecular weight excluding hydrogens is 246 g/mol. The Kier molecular flexibility index (Phi) is 3.22. The van der Waals surface area contributed by atoms with E-state index in [0.29, 0.717) is 5.56 Å². The van der Waals surface area contributed by atoms with Crippen LogP contribution in [0, 0.1) is 0 Å². The summed E-state index contributed by atoms with van der Waals surface area (Å²) in [5, 5.41) is 14.8. The lowest BCUT2D eigenvalue weighted by atomic mass is 10.1. The van der Waals surface area contributed by atoms with Gasteiger partial charge in [0.05, 0.1) is 5.69 Å².